The largest absolute Gasteiger partial charge is 0.496 e. The van der Waals surface area contributed by atoms with E-state index in [9.17, 15) is 18.0 Å². The van der Waals surface area contributed by atoms with Gasteiger partial charge in [-0.2, -0.15) is 13.2 Å². The lowest BCUT2D eigenvalue weighted by Crippen LogP contribution is -2.13. The zero-order valence-corrected chi connectivity index (χ0v) is 15.5. The van der Waals surface area contributed by atoms with Gasteiger partial charge in [-0.1, -0.05) is 18.2 Å². The second kappa shape index (κ2) is 8.68. The van der Waals surface area contributed by atoms with E-state index < -0.39 is 17.6 Å². The van der Waals surface area contributed by atoms with Crippen LogP contribution in [0.5, 0.6) is 11.5 Å². The van der Waals surface area contributed by atoms with Crippen LogP contribution in [-0.2, 0) is 12.8 Å². The highest BCUT2D eigenvalue weighted by atomic mass is 19.4. The Hall–Kier alpha value is -3.48. The molecule has 0 aliphatic heterocycles. The number of benzene rings is 3. The number of rotatable bonds is 6. The van der Waals surface area contributed by atoms with Crippen molar-refractivity contribution in [1.82, 2.24) is 0 Å². The Balaban J connectivity index is 1.73. The summed E-state index contributed by atoms with van der Waals surface area (Å²) in [4.78, 5) is 12.5. The SMILES string of the molecule is COc1ccc(C(=O)Nc2ccc(C(F)(F)F)cc2)cc1COc1ccccc1. The van der Waals surface area contributed by atoms with E-state index in [1.807, 2.05) is 30.3 Å². The number of methoxy groups -OCH3 is 1. The first-order valence-corrected chi connectivity index (χ1v) is 8.70. The maximum Gasteiger partial charge on any atom is 0.416 e. The fourth-order valence-corrected chi connectivity index (χ4v) is 2.66. The summed E-state index contributed by atoms with van der Waals surface area (Å²) >= 11 is 0. The van der Waals surface area contributed by atoms with Crippen LogP contribution >= 0.6 is 0 Å². The van der Waals surface area contributed by atoms with Crippen LogP contribution in [0.4, 0.5) is 18.9 Å². The number of ether oxygens (including phenoxy) is 2. The number of para-hydroxylation sites is 1. The lowest BCUT2D eigenvalue weighted by molar-refractivity contribution is -0.137. The molecule has 0 atom stereocenters. The van der Waals surface area contributed by atoms with Crippen LogP contribution in [0.2, 0.25) is 0 Å². The topological polar surface area (TPSA) is 47.6 Å². The minimum Gasteiger partial charge on any atom is -0.496 e. The zero-order valence-electron chi connectivity index (χ0n) is 15.5. The molecular weight excluding hydrogens is 383 g/mol. The number of hydrogen-bond donors (Lipinski definition) is 1. The second-order valence-corrected chi connectivity index (χ2v) is 6.16. The molecule has 1 N–H and O–H groups in total. The molecule has 0 radical (unpaired) electrons. The van der Waals surface area contributed by atoms with Crippen LogP contribution in [0.1, 0.15) is 21.5 Å². The van der Waals surface area contributed by atoms with Crippen LogP contribution < -0.4 is 14.8 Å². The molecule has 0 aliphatic rings. The number of anilines is 1. The van der Waals surface area contributed by atoms with E-state index in [4.69, 9.17) is 9.47 Å². The summed E-state index contributed by atoms with van der Waals surface area (Å²) in [5.41, 5.74) is 0.481. The van der Waals surface area contributed by atoms with E-state index in [0.29, 0.717) is 22.6 Å². The van der Waals surface area contributed by atoms with Crippen molar-refractivity contribution in [2.24, 2.45) is 0 Å². The minimum absolute atomic E-state index is 0.189. The molecule has 3 aromatic rings. The Morgan fingerprint density at radius 3 is 2.28 bits per heavy atom. The number of alkyl halides is 3. The van der Waals surface area contributed by atoms with Gasteiger partial charge in [-0.3, -0.25) is 4.79 Å². The number of carbonyl (C=O) groups excluding carboxylic acids is 1. The van der Waals surface area contributed by atoms with E-state index in [1.165, 1.54) is 19.2 Å². The third-order valence-corrected chi connectivity index (χ3v) is 4.15. The standard InChI is InChI=1S/C22H18F3NO3/c1-28-20-12-7-15(13-16(20)14-29-19-5-3-2-4-6-19)21(27)26-18-10-8-17(9-11-18)22(23,24)25/h2-13H,14H2,1H3,(H,26,27). The summed E-state index contributed by atoms with van der Waals surface area (Å²) in [7, 11) is 1.52. The predicted octanol–water partition coefficient (Wildman–Crippen LogP) is 5.55. The number of amides is 1. The Kier molecular flexibility index (Phi) is 6.07. The molecule has 1 amide bonds. The van der Waals surface area contributed by atoms with Gasteiger partial charge in [0.25, 0.3) is 5.91 Å². The third kappa shape index (κ3) is 5.28. The number of carbonyl (C=O) groups is 1. The third-order valence-electron chi connectivity index (χ3n) is 4.15. The van der Waals surface area contributed by atoms with Crippen LogP contribution in [0.3, 0.4) is 0 Å². The Bertz CT molecular complexity index is 971. The molecule has 3 rings (SSSR count). The predicted molar refractivity (Wildman–Crippen MR) is 103 cm³/mol. The molecule has 0 fully saturated rings. The van der Waals surface area contributed by atoms with Crippen molar-refractivity contribution >= 4 is 11.6 Å². The van der Waals surface area contributed by atoms with Gasteiger partial charge in [0, 0.05) is 16.8 Å². The van der Waals surface area contributed by atoms with Crippen LogP contribution in [0.15, 0.2) is 72.8 Å². The first-order chi connectivity index (χ1) is 13.9. The Morgan fingerprint density at radius 2 is 1.66 bits per heavy atom. The first kappa shape index (κ1) is 20.3. The van der Waals surface area contributed by atoms with Crippen LogP contribution in [0, 0.1) is 0 Å². The zero-order chi connectivity index (χ0) is 20.9. The van der Waals surface area contributed by atoms with Gasteiger partial charge in [-0.05, 0) is 54.6 Å². The molecule has 0 spiro atoms. The molecule has 0 bridgehead atoms. The summed E-state index contributed by atoms with van der Waals surface area (Å²) in [6, 6.07) is 18.3. The van der Waals surface area contributed by atoms with Crippen molar-refractivity contribution in [2.45, 2.75) is 12.8 Å². The lowest BCUT2D eigenvalue weighted by Gasteiger charge is -2.13. The molecule has 150 valence electrons. The molecule has 3 aromatic carbocycles. The average Bonchev–Trinajstić information content (AvgIpc) is 2.72. The van der Waals surface area contributed by atoms with E-state index in [2.05, 4.69) is 5.32 Å². The van der Waals surface area contributed by atoms with Gasteiger partial charge < -0.3 is 14.8 Å². The molecular formula is C22H18F3NO3. The highest BCUT2D eigenvalue weighted by molar-refractivity contribution is 6.04. The van der Waals surface area contributed by atoms with Crippen molar-refractivity contribution in [1.29, 1.82) is 0 Å². The highest BCUT2D eigenvalue weighted by Gasteiger charge is 2.30. The van der Waals surface area contributed by atoms with Crippen molar-refractivity contribution in [3.05, 3.63) is 89.5 Å². The Labute approximate surface area is 165 Å². The summed E-state index contributed by atoms with van der Waals surface area (Å²) in [6.07, 6.45) is -4.42. The molecule has 4 nitrogen and oxygen atoms in total. The molecule has 0 saturated carbocycles. The lowest BCUT2D eigenvalue weighted by atomic mass is 10.1. The van der Waals surface area contributed by atoms with E-state index >= 15 is 0 Å². The fraction of sp³-hybridized carbons (Fsp3) is 0.136. The quantitative estimate of drug-likeness (QED) is 0.590. The molecule has 0 unspecified atom stereocenters. The van der Waals surface area contributed by atoms with Crippen molar-refractivity contribution in [2.75, 3.05) is 12.4 Å². The van der Waals surface area contributed by atoms with Crippen molar-refractivity contribution in [3.63, 3.8) is 0 Å². The van der Waals surface area contributed by atoms with Gasteiger partial charge in [0.15, 0.2) is 0 Å². The minimum atomic E-state index is -4.42. The molecule has 29 heavy (non-hydrogen) atoms. The monoisotopic (exact) mass is 401 g/mol. The summed E-state index contributed by atoms with van der Waals surface area (Å²) < 4.78 is 49.0. The van der Waals surface area contributed by atoms with Gasteiger partial charge in [0.2, 0.25) is 0 Å². The van der Waals surface area contributed by atoms with Gasteiger partial charge in [-0.15, -0.1) is 0 Å². The molecule has 0 aliphatic carbocycles. The summed E-state index contributed by atoms with van der Waals surface area (Å²) in [6.45, 7) is 0.189. The van der Waals surface area contributed by atoms with Gasteiger partial charge in [0.1, 0.15) is 18.1 Å². The van der Waals surface area contributed by atoms with E-state index in [-0.39, 0.29) is 12.3 Å². The summed E-state index contributed by atoms with van der Waals surface area (Å²) in [5.74, 6) is 0.787. The number of nitrogens with one attached hydrogen (secondary N) is 1. The average molecular weight is 401 g/mol. The number of hydrogen-bond acceptors (Lipinski definition) is 3. The maximum absolute atomic E-state index is 12.6. The Morgan fingerprint density at radius 1 is 0.966 bits per heavy atom. The molecule has 0 aromatic heterocycles. The van der Waals surface area contributed by atoms with Gasteiger partial charge in [0.05, 0.1) is 12.7 Å². The first-order valence-electron chi connectivity index (χ1n) is 8.70. The molecule has 7 heteroatoms. The van der Waals surface area contributed by atoms with Gasteiger partial charge >= 0.3 is 6.18 Å². The number of halogens is 3. The van der Waals surface area contributed by atoms with Crippen molar-refractivity contribution < 1.29 is 27.4 Å². The molecule has 0 saturated heterocycles. The normalized spacial score (nSPS) is 11.0. The van der Waals surface area contributed by atoms with Crippen molar-refractivity contribution in [3.8, 4) is 11.5 Å². The van der Waals surface area contributed by atoms with Crippen LogP contribution in [0.25, 0.3) is 0 Å². The summed E-state index contributed by atoms with van der Waals surface area (Å²) in [5, 5.41) is 2.59. The smallest absolute Gasteiger partial charge is 0.416 e. The fourth-order valence-electron chi connectivity index (χ4n) is 2.66. The molecule has 0 heterocycles. The second-order valence-electron chi connectivity index (χ2n) is 6.16. The highest BCUT2D eigenvalue weighted by Crippen LogP contribution is 2.30. The van der Waals surface area contributed by atoms with Gasteiger partial charge in [-0.25, -0.2) is 0 Å². The van der Waals surface area contributed by atoms with E-state index in [1.54, 1.807) is 18.2 Å². The van der Waals surface area contributed by atoms with E-state index in [0.717, 1.165) is 12.1 Å². The maximum atomic E-state index is 12.6. The van der Waals surface area contributed by atoms with Crippen LogP contribution in [-0.4, -0.2) is 13.0 Å².